The molecule has 1 aromatic rings. The van der Waals surface area contributed by atoms with Gasteiger partial charge in [-0.2, -0.15) is 0 Å². The molecule has 0 amide bonds. The van der Waals surface area contributed by atoms with Crippen LogP contribution in [0.25, 0.3) is 0 Å². The van der Waals surface area contributed by atoms with Gasteiger partial charge < -0.3 is 0 Å². The van der Waals surface area contributed by atoms with Crippen LogP contribution in [0.15, 0.2) is 14.1 Å². The number of thiophene rings is 1. The Hall–Kier alpha value is 0.340. The van der Waals surface area contributed by atoms with Crippen molar-refractivity contribution in [3.05, 3.63) is 14.9 Å². The lowest BCUT2D eigenvalue weighted by Gasteiger charge is -2.11. The second-order valence-electron chi connectivity index (χ2n) is 2.91. The normalized spacial score (nSPS) is 18.5. The summed E-state index contributed by atoms with van der Waals surface area (Å²) in [5, 5.41) is 0.401. The number of hydroxylamine groups is 1. The minimum atomic E-state index is -3.53. The van der Waals surface area contributed by atoms with Crippen LogP contribution in [-0.2, 0) is 14.9 Å². The van der Waals surface area contributed by atoms with Gasteiger partial charge in [0.05, 0.1) is 15.4 Å². The fourth-order valence-corrected chi connectivity index (χ4v) is 4.96. The fraction of sp³-hybridized carbons (Fsp3) is 0.429. The SMILES string of the molecule is O=S(=O)(c1cc(Cl)c(Br)s1)N1CCCO1. The van der Waals surface area contributed by atoms with E-state index >= 15 is 0 Å². The van der Waals surface area contributed by atoms with Crippen LogP contribution in [0.2, 0.25) is 5.02 Å². The molecule has 1 aliphatic heterocycles. The Morgan fingerprint density at radius 3 is 2.80 bits per heavy atom. The molecular weight excluding hydrogens is 326 g/mol. The minimum Gasteiger partial charge on any atom is -0.284 e. The first-order valence-electron chi connectivity index (χ1n) is 4.12. The first-order chi connectivity index (χ1) is 7.01. The van der Waals surface area contributed by atoms with Gasteiger partial charge in [0.1, 0.15) is 4.21 Å². The molecule has 1 saturated heterocycles. The number of sulfonamides is 1. The van der Waals surface area contributed by atoms with Gasteiger partial charge in [-0.15, -0.1) is 11.3 Å². The predicted molar refractivity (Wildman–Crippen MR) is 61.5 cm³/mol. The molecule has 1 aromatic heterocycles. The number of hydrogen-bond donors (Lipinski definition) is 0. The zero-order chi connectivity index (χ0) is 11.1. The molecule has 8 heteroatoms. The zero-order valence-electron chi connectivity index (χ0n) is 7.44. The second-order valence-corrected chi connectivity index (χ2v) is 7.74. The van der Waals surface area contributed by atoms with Crippen molar-refractivity contribution >= 4 is 48.9 Å². The summed E-state index contributed by atoms with van der Waals surface area (Å²) in [7, 11) is -3.53. The van der Waals surface area contributed by atoms with E-state index in [9.17, 15) is 8.42 Å². The van der Waals surface area contributed by atoms with E-state index in [1.807, 2.05) is 0 Å². The van der Waals surface area contributed by atoms with Gasteiger partial charge in [-0.3, -0.25) is 4.84 Å². The standard InChI is InChI=1S/C7H7BrClNO3S2/c8-7-5(9)4-6(14-7)15(11,12)10-2-1-3-13-10/h4H,1-3H2. The quantitative estimate of drug-likeness (QED) is 0.836. The molecule has 0 aliphatic carbocycles. The van der Waals surface area contributed by atoms with Crippen LogP contribution < -0.4 is 0 Å². The van der Waals surface area contributed by atoms with E-state index < -0.39 is 10.0 Å². The van der Waals surface area contributed by atoms with Crippen LogP contribution in [0.3, 0.4) is 0 Å². The van der Waals surface area contributed by atoms with Crippen LogP contribution in [0.4, 0.5) is 0 Å². The molecule has 15 heavy (non-hydrogen) atoms. The lowest BCUT2D eigenvalue weighted by Crippen LogP contribution is -2.25. The highest BCUT2D eigenvalue weighted by Gasteiger charge is 2.30. The van der Waals surface area contributed by atoms with E-state index in [-0.39, 0.29) is 4.21 Å². The van der Waals surface area contributed by atoms with E-state index in [0.29, 0.717) is 22.0 Å². The number of hydrogen-bond acceptors (Lipinski definition) is 4. The molecule has 0 bridgehead atoms. The minimum absolute atomic E-state index is 0.196. The summed E-state index contributed by atoms with van der Waals surface area (Å²) < 4.78 is 25.7. The molecule has 84 valence electrons. The Bertz CT molecular complexity index is 447. The van der Waals surface area contributed by atoms with Crippen molar-refractivity contribution in [3.8, 4) is 0 Å². The third-order valence-electron chi connectivity index (χ3n) is 1.87. The topological polar surface area (TPSA) is 46.6 Å². The molecule has 4 nitrogen and oxygen atoms in total. The average molecular weight is 333 g/mol. The first-order valence-corrected chi connectivity index (χ1v) is 7.55. The highest BCUT2D eigenvalue weighted by atomic mass is 79.9. The largest absolute Gasteiger partial charge is 0.284 e. The third-order valence-corrected chi connectivity index (χ3v) is 6.47. The molecule has 2 heterocycles. The molecule has 0 spiro atoms. The number of rotatable bonds is 2. The summed E-state index contributed by atoms with van der Waals surface area (Å²) in [4.78, 5) is 5.01. The predicted octanol–water partition coefficient (Wildman–Crippen LogP) is 2.49. The van der Waals surface area contributed by atoms with Crippen LogP contribution in [0.5, 0.6) is 0 Å². The van der Waals surface area contributed by atoms with Gasteiger partial charge in [0, 0.05) is 6.54 Å². The molecule has 1 aliphatic rings. The van der Waals surface area contributed by atoms with Crippen molar-refractivity contribution in [2.45, 2.75) is 10.6 Å². The molecule has 0 aromatic carbocycles. The van der Waals surface area contributed by atoms with Crippen molar-refractivity contribution in [3.63, 3.8) is 0 Å². The smallest absolute Gasteiger partial charge is 0.274 e. The summed E-state index contributed by atoms with van der Waals surface area (Å²) in [6, 6.07) is 1.42. The summed E-state index contributed by atoms with van der Waals surface area (Å²) >= 11 is 10.0. The summed E-state index contributed by atoms with van der Waals surface area (Å²) in [5.41, 5.74) is 0. The molecule has 1 fully saturated rings. The lowest BCUT2D eigenvalue weighted by atomic mass is 10.5. The number of nitrogens with zero attached hydrogens (tertiary/aromatic N) is 1. The van der Waals surface area contributed by atoms with E-state index in [1.54, 1.807) is 0 Å². The number of halogens is 2. The van der Waals surface area contributed by atoms with Crippen LogP contribution in [0, 0.1) is 0 Å². The van der Waals surface area contributed by atoms with Crippen LogP contribution >= 0.6 is 38.9 Å². The summed E-state index contributed by atoms with van der Waals surface area (Å²) in [6.45, 7) is 0.842. The molecule has 0 atom stereocenters. The van der Waals surface area contributed by atoms with E-state index in [0.717, 1.165) is 22.2 Å². The Balaban J connectivity index is 2.36. The molecule has 0 N–H and O–H groups in total. The summed E-state index contributed by atoms with van der Waals surface area (Å²) in [5.74, 6) is 0. The fourth-order valence-electron chi connectivity index (χ4n) is 1.17. The lowest BCUT2D eigenvalue weighted by molar-refractivity contribution is -0.0282. The van der Waals surface area contributed by atoms with E-state index in [4.69, 9.17) is 16.4 Å². The Morgan fingerprint density at radius 1 is 1.60 bits per heavy atom. The summed E-state index contributed by atoms with van der Waals surface area (Å²) in [6.07, 6.45) is 0.722. The van der Waals surface area contributed by atoms with Gasteiger partial charge in [0.15, 0.2) is 0 Å². The van der Waals surface area contributed by atoms with Crippen LogP contribution in [0.1, 0.15) is 6.42 Å². The molecule has 0 saturated carbocycles. The Morgan fingerprint density at radius 2 is 2.33 bits per heavy atom. The molecule has 2 rings (SSSR count). The maximum atomic E-state index is 11.9. The highest BCUT2D eigenvalue weighted by Crippen LogP contribution is 2.36. The maximum Gasteiger partial charge on any atom is 0.274 e. The Kier molecular flexibility index (Phi) is 3.39. The van der Waals surface area contributed by atoms with Crippen LogP contribution in [-0.4, -0.2) is 26.0 Å². The van der Waals surface area contributed by atoms with Gasteiger partial charge in [-0.1, -0.05) is 16.1 Å². The van der Waals surface area contributed by atoms with Gasteiger partial charge in [0.25, 0.3) is 10.0 Å². The van der Waals surface area contributed by atoms with Crippen molar-refractivity contribution in [2.24, 2.45) is 0 Å². The Labute approximate surface area is 105 Å². The van der Waals surface area contributed by atoms with Gasteiger partial charge in [-0.25, -0.2) is 8.42 Å². The van der Waals surface area contributed by atoms with Gasteiger partial charge in [0.2, 0.25) is 0 Å². The van der Waals surface area contributed by atoms with Crippen molar-refractivity contribution in [1.82, 2.24) is 4.47 Å². The molecule has 0 radical (unpaired) electrons. The van der Waals surface area contributed by atoms with E-state index in [1.165, 1.54) is 6.07 Å². The monoisotopic (exact) mass is 331 g/mol. The molecular formula is C7H7BrClNO3S2. The molecule has 0 unspecified atom stereocenters. The first kappa shape index (κ1) is 11.8. The van der Waals surface area contributed by atoms with Crippen molar-refractivity contribution in [2.75, 3.05) is 13.2 Å². The highest BCUT2D eigenvalue weighted by molar-refractivity contribution is 9.11. The third kappa shape index (κ3) is 2.22. The van der Waals surface area contributed by atoms with Crippen molar-refractivity contribution < 1.29 is 13.3 Å². The van der Waals surface area contributed by atoms with Gasteiger partial charge >= 0.3 is 0 Å². The zero-order valence-corrected chi connectivity index (χ0v) is 11.4. The second kappa shape index (κ2) is 4.31. The maximum absolute atomic E-state index is 11.9. The van der Waals surface area contributed by atoms with Crippen molar-refractivity contribution in [1.29, 1.82) is 0 Å². The van der Waals surface area contributed by atoms with Gasteiger partial charge in [-0.05, 0) is 28.4 Å². The average Bonchev–Trinajstić information content (AvgIpc) is 2.77. The van der Waals surface area contributed by atoms with E-state index in [2.05, 4.69) is 15.9 Å².